The molecule has 2 aromatic rings. The van der Waals surface area contributed by atoms with Gasteiger partial charge in [-0.2, -0.15) is 0 Å². The van der Waals surface area contributed by atoms with Crippen molar-refractivity contribution in [1.82, 2.24) is 10.3 Å². The minimum atomic E-state index is -0.277. The van der Waals surface area contributed by atoms with Crippen molar-refractivity contribution in [2.75, 3.05) is 18.5 Å². The summed E-state index contributed by atoms with van der Waals surface area (Å²) in [4.78, 5) is 15.5. The maximum atomic E-state index is 11.6. The highest BCUT2D eigenvalue weighted by atomic mass is 16.5. The van der Waals surface area contributed by atoms with E-state index >= 15 is 0 Å². The molecular formula is C14H14BN3O2. The Morgan fingerprint density at radius 2 is 1.95 bits per heavy atom. The van der Waals surface area contributed by atoms with Crippen molar-refractivity contribution in [2.24, 2.45) is 0 Å². The Bertz CT molecular complexity index is 563. The lowest BCUT2D eigenvalue weighted by atomic mass is 10.0. The molecule has 0 bridgehead atoms. The SMILES string of the molecule is [B]c1cccc(OCCNC(=O)Nc2ccccc2)n1. The van der Waals surface area contributed by atoms with Crippen molar-refractivity contribution in [3.63, 3.8) is 0 Å². The Hall–Kier alpha value is -2.50. The first kappa shape index (κ1) is 13.9. The van der Waals surface area contributed by atoms with Crippen LogP contribution < -0.4 is 21.0 Å². The zero-order valence-electron chi connectivity index (χ0n) is 10.9. The highest BCUT2D eigenvalue weighted by molar-refractivity contribution is 6.30. The molecule has 0 saturated heterocycles. The van der Waals surface area contributed by atoms with E-state index in [0.29, 0.717) is 24.6 Å². The average molecular weight is 267 g/mol. The highest BCUT2D eigenvalue weighted by Gasteiger charge is 2.00. The smallest absolute Gasteiger partial charge is 0.319 e. The number of carbonyl (C=O) groups is 1. The Kier molecular flexibility index (Phi) is 5.00. The van der Waals surface area contributed by atoms with Crippen LogP contribution in [0.25, 0.3) is 0 Å². The van der Waals surface area contributed by atoms with Crippen molar-refractivity contribution in [3.8, 4) is 5.88 Å². The number of carbonyl (C=O) groups excluding carboxylic acids is 1. The molecule has 0 aliphatic rings. The van der Waals surface area contributed by atoms with Gasteiger partial charge in [-0.1, -0.05) is 30.3 Å². The van der Waals surface area contributed by atoms with Gasteiger partial charge in [-0.15, -0.1) is 0 Å². The van der Waals surface area contributed by atoms with Crippen LogP contribution >= 0.6 is 0 Å². The molecule has 0 fully saturated rings. The number of pyridine rings is 1. The lowest BCUT2D eigenvalue weighted by molar-refractivity contribution is 0.246. The number of amides is 2. The lowest BCUT2D eigenvalue weighted by Gasteiger charge is -2.08. The number of ether oxygens (including phenoxy) is 1. The van der Waals surface area contributed by atoms with Gasteiger partial charge in [-0.05, 0) is 17.7 Å². The van der Waals surface area contributed by atoms with E-state index in [1.165, 1.54) is 0 Å². The van der Waals surface area contributed by atoms with Crippen LogP contribution in [-0.2, 0) is 0 Å². The maximum Gasteiger partial charge on any atom is 0.319 e. The van der Waals surface area contributed by atoms with Crippen LogP contribution in [0.2, 0.25) is 0 Å². The largest absolute Gasteiger partial charge is 0.476 e. The van der Waals surface area contributed by atoms with Crippen molar-refractivity contribution in [3.05, 3.63) is 48.5 Å². The molecule has 1 aromatic carbocycles. The molecule has 20 heavy (non-hydrogen) atoms. The monoisotopic (exact) mass is 267 g/mol. The summed E-state index contributed by atoms with van der Waals surface area (Å²) in [6.45, 7) is 0.688. The molecule has 0 unspecified atom stereocenters. The molecular weight excluding hydrogens is 253 g/mol. The summed E-state index contributed by atoms with van der Waals surface area (Å²) < 4.78 is 5.35. The predicted molar refractivity (Wildman–Crippen MR) is 78.6 cm³/mol. The molecule has 2 radical (unpaired) electrons. The summed E-state index contributed by atoms with van der Waals surface area (Å²) in [6.07, 6.45) is 0. The van der Waals surface area contributed by atoms with E-state index in [-0.39, 0.29) is 6.03 Å². The maximum absolute atomic E-state index is 11.6. The summed E-state index contributed by atoms with van der Waals surface area (Å²) in [7, 11) is 5.53. The number of aromatic nitrogens is 1. The Morgan fingerprint density at radius 3 is 2.70 bits per heavy atom. The summed E-state index contributed by atoms with van der Waals surface area (Å²) in [5.41, 5.74) is 1.14. The zero-order valence-corrected chi connectivity index (χ0v) is 10.9. The average Bonchev–Trinajstić information content (AvgIpc) is 2.45. The molecule has 2 rings (SSSR count). The molecule has 6 heteroatoms. The summed E-state index contributed by atoms with van der Waals surface area (Å²) >= 11 is 0. The van der Waals surface area contributed by atoms with Gasteiger partial charge in [0.15, 0.2) is 0 Å². The minimum Gasteiger partial charge on any atom is -0.476 e. The van der Waals surface area contributed by atoms with E-state index in [0.717, 1.165) is 5.69 Å². The van der Waals surface area contributed by atoms with Gasteiger partial charge in [-0.25, -0.2) is 9.78 Å². The number of hydrogen-bond acceptors (Lipinski definition) is 3. The fraction of sp³-hybridized carbons (Fsp3) is 0.143. The number of anilines is 1. The van der Waals surface area contributed by atoms with Gasteiger partial charge >= 0.3 is 6.03 Å². The second-order valence-electron chi connectivity index (χ2n) is 4.00. The van der Waals surface area contributed by atoms with Crippen LogP contribution in [-0.4, -0.2) is 32.0 Å². The molecule has 0 spiro atoms. The number of benzene rings is 1. The third-order valence-corrected chi connectivity index (χ3v) is 2.41. The number of urea groups is 1. The van der Waals surface area contributed by atoms with E-state index in [1.54, 1.807) is 18.2 Å². The number of rotatable bonds is 5. The first-order chi connectivity index (χ1) is 9.74. The first-order valence-corrected chi connectivity index (χ1v) is 6.19. The molecule has 0 aliphatic heterocycles. The Balaban J connectivity index is 1.67. The standard InChI is InChI=1S/C14H14BN3O2/c15-12-7-4-8-13(18-12)20-10-9-16-14(19)17-11-5-2-1-3-6-11/h1-8H,9-10H2,(H2,16,17,19). The fourth-order valence-corrected chi connectivity index (χ4v) is 1.53. The van der Waals surface area contributed by atoms with Crippen LogP contribution in [0, 0.1) is 0 Å². The van der Waals surface area contributed by atoms with Crippen LogP contribution in [0.3, 0.4) is 0 Å². The van der Waals surface area contributed by atoms with Gasteiger partial charge in [0.05, 0.1) is 6.54 Å². The molecule has 0 aliphatic carbocycles. The van der Waals surface area contributed by atoms with Crippen molar-refractivity contribution in [2.45, 2.75) is 0 Å². The molecule has 1 aromatic heterocycles. The quantitative estimate of drug-likeness (QED) is 0.629. The third-order valence-electron chi connectivity index (χ3n) is 2.41. The third kappa shape index (κ3) is 4.64. The lowest BCUT2D eigenvalue weighted by Crippen LogP contribution is -2.32. The van der Waals surface area contributed by atoms with Crippen LogP contribution in [0.1, 0.15) is 0 Å². The number of para-hydroxylation sites is 1. The molecule has 5 nitrogen and oxygen atoms in total. The van der Waals surface area contributed by atoms with Crippen molar-refractivity contribution >= 4 is 25.2 Å². The number of hydrogen-bond donors (Lipinski definition) is 2. The van der Waals surface area contributed by atoms with Gasteiger partial charge in [0.2, 0.25) is 5.88 Å². The van der Waals surface area contributed by atoms with Gasteiger partial charge in [0, 0.05) is 11.8 Å². The summed E-state index contributed by atoms with van der Waals surface area (Å²) in [5, 5.41) is 5.39. The van der Waals surface area contributed by atoms with Gasteiger partial charge in [-0.3, -0.25) is 0 Å². The van der Waals surface area contributed by atoms with E-state index in [9.17, 15) is 4.79 Å². The topological polar surface area (TPSA) is 63.2 Å². The first-order valence-electron chi connectivity index (χ1n) is 6.19. The van der Waals surface area contributed by atoms with Gasteiger partial charge in [0.1, 0.15) is 14.5 Å². The van der Waals surface area contributed by atoms with E-state index in [1.807, 2.05) is 30.3 Å². The normalized spacial score (nSPS) is 9.80. The number of nitrogens with one attached hydrogen (secondary N) is 2. The van der Waals surface area contributed by atoms with E-state index in [2.05, 4.69) is 15.6 Å². The van der Waals surface area contributed by atoms with Gasteiger partial charge in [0.25, 0.3) is 0 Å². The predicted octanol–water partition coefficient (Wildman–Crippen LogP) is 1.08. The molecule has 100 valence electrons. The molecule has 1 heterocycles. The molecule has 0 atom stereocenters. The van der Waals surface area contributed by atoms with Crippen LogP contribution in [0.4, 0.5) is 10.5 Å². The fourth-order valence-electron chi connectivity index (χ4n) is 1.53. The Morgan fingerprint density at radius 1 is 1.15 bits per heavy atom. The van der Waals surface area contributed by atoms with Crippen LogP contribution in [0.15, 0.2) is 48.5 Å². The number of nitrogens with zero attached hydrogens (tertiary/aromatic N) is 1. The second kappa shape index (κ2) is 7.18. The molecule has 2 amide bonds. The molecule has 0 saturated carbocycles. The summed E-state index contributed by atoms with van der Waals surface area (Å²) in [6, 6.07) is 14.1. The van der Waals surface area contributed by atoms with Crippen molar-refractivity contribution in [1.29, 1.82) is 0 Å². The highest BCUT2D eigenvalue weighted by Crippen LogP contribution is 2.04. The summed E-state index contributed by atoms with van der Waals surface area (Å²) in [5.74, 6) is 0.440. The molecule has 2 N–H and O–H groups in total. The van der Waals surface area contributed by atoms with Crippen molar-refractivity contribution < 1.29 is 9.53 Å². The van der Waals surface area contributed by atoms with E-state index < -0.39 is 0 Å². The zero-order chi connectivity index (χ0) is 14.2. The minimum absolute atomic E-state index is 0.277. The van der Waals surface area contributed by atoms with Gasteiger partial charge < -0.3 is 15.4 Å². The van der Waals surface area contributed by atoms with E-state index in [4.69, 9.17) is 12.6 Å². The second-order valence-corrected chi connectivity index (χ2v) is 4.00. The van der Waals surface area contributed by atoms with Crippen LogP contribution in [0.5, 0.6) is 5.88 Å². The Labute approximate surface area is 118 Å².